The van der Waals surface area contributed by atoms with E-state index in [0.717, 1.165) is 49.9 Å². The Bertz CT molecular complexity index is 1020. The zero-order valence-corrected chi connectivity index (χ0v) is 18.6. The minimum Gasteiger partial charge on any atom is -0.496 e. The van der Waals surface area contributed by atoms with Crippen LogP contribution >= 0.6 is 0 Å². The number of nitrogens with two attached hydrogens (primary N) is 2. The maximum absolute atomic E-state index is 13.3. The fourth-order valence-electron chi connectivity index (χ4n) is 3.80. The molecule has 0 unspecified atom stereocenters. The Morgan fingerprint density at radius 1 is 1.33 bits per heavy atom. The van der Waals surface area contributed by atoms with Crippen molar-refractivity contribution in [3.8, 4) is 5.75 Å². The first kappa shape index (κ1) is 24.1. The highest BCUT2D eigenvalue weighted by Crippen LogP contribution is 2.25. The van der Waals surface area contributed by atoms with E-state index in [1.165, 1.54) is 18.5 Å². The number of amides is 1. The number of carbonyl (C=O) groups is 1. The van der Waals surface area contributed by atoms with Crippen LogP contribution in [0.15, 0.2) is 54.4 Å². The van der Waals surface area contributed by atoms with Gasteiger partial charge in [-0.2, -0.15) is 4.39 Å². The molecular weight excluding hydrogens is 425 g/mol. The largest absolute Gasteiger partial charge is 0.496 e. The summed E-state index contributed by atoms with van der Waals surface area (Å²) in [5, 5.41) is 14.1. The van der Waals surface area contributed by atoms with E-state index in [2.05, 4.69) is 26.6 Å². The van der Waals surface area contributed by atoms with Crippen LogP contribution in [0.4, 0.5) is 10.1 Å². The lowest BCUT2D eigenvalue weighted by Gasteiger charge is -2.41. The number of nitrogens with zero attached hydrogens (tertiary/aromatic N) is 2. The normalized spacial score (nSPS) is 16.2. The topological polar surface area (TPSA) is 142 Å². The number of methoxy groups -OCH3 is 1. The SMILES string of the molecule is COc1ccccc1CN1CCC(CN)(N/C=C(\C(=N)Nc2ccnc(F)c2)C(N)=O)CC1. The van der Waals surface area contributed by atoms with Crippen LogP contribution in [0.5, 0.6) is 5.75 Å². The van der Waals surface area contributed by atoms with Gasteiger partial charge in [-0.05, 0) is 25.0 Å². The Kier molecular flexibility index (Phi) is 7.96. The zero-order valence-electron chi connectivity index (χ0n) is 18.6. The lowest BCUT2D eigenvalue weighted by molar-refractivity contribution is -0.114. The van der Waals surface area contributed by atoms with Crippen LogP contribution in [0.1, 0.15) is 18.4 Å². The molecule has 1 aromatic carbocycles. The number of hydrogen-bond acceptors (Lipinski definition) is 7. The van der Waals surface area contributed by atoms with Crippen molar-refractivity contribution >= 4 is 17.4 Å². The number of primary amides is 1. The van der Waals surface area contributed by atoms with Gasteiger partial charge in [0, 0.05) is 55.9 Å². The molecule has 176 valence electrons. The van der Waals surface area contributed by atoms with Crippen molar-refractivity contribution in [3.05, 3.63) is 65.9 Å². The van der Waals surface area contributed by atoms with E-state index < -0.39 is 17.4 Å². The molecule has 1 saturated heterocycles. The number of benzene rings is 1. The summed E-state index contributed by atoms with van der Waals surface area (Å²) in [6, 6.07) is 10.6. The van der Waals surface area contributed by atoms with Gasteiger partial charge >= 0.3 is 0 Å². The summed E-state index contributed by atoms with van der Waals surface area (Å²) >= 11 is 0. The molecule has 2 heterocycles. The maximum atomic E-state index is 13.3. The number of nitrogens with one attached hydrogen (secondary N) is 3. The number of amidine groups is 1. The highest BCUT2D eigenvalue weighted by molar-refractivity contribution is 6.23. The summed E-state index contributed by atoms with van der Waals surface area (Å²) in [7, 11) is 1.67. The van der Waals surface area contributed by atoms with Crippen molar-refractivity contribution in [1.82, 2.24) is 15.2 Å². The highest BCUT2D eigenvalue weighted by Gasteiger charge is 2.33. The van der Waals surface area contributed by atoms with Gasteiger partial charge in [-0.3, -0.25) is 15.1 Å². The first-order valence-electron chi connectivity index (χ1n) is 10.7. The highest BCUT2D eigenvalue weighted by atomic mass is 19.1. The average Bonchev–Trinajstić information content (AvgIpc) is 2.80. The second-order valence-corrected chi connectivity index (χ2v) is 8.01. The van der Waals surface area contributed by atoms with E-state index in [-0.39, 0.29) is 17.1 Å². The van der Waals surface area contributed by atoms with Crippen LogP contribution in [-0.2, 0) is 11.3 Å². The van der Waals surface area contributed by atoms with Gasteiger partial charge in [-0.15, -0.1) is 0 Å². The van der Waals surface area contributed by atoms with Gasteiger partial charge in [0.05, 0.1) is 18.2 Å². The number of likely N-dealkylation sites (tertiary alicyclic amines) is 1. The van der Waals surface area contributed by atoms with Crippen molar-refractivity contribution in [2.45, 2.75) is 24.9 Å². The molecule has 1 amide bonds. The van der Waals surface area contributed by atoms with Crippen molar-refractivity contribution in [2.24, 2.45) is 11.5 Å². The van der Waals surface area contributed by atoms with Gasteiger partial charge in [0.1, 0.15) is 11.6 Å². The number of para-hydroxylation sites is 1. The smallest absolute Gasteiger partial charge is 0.253 e. The molecule has 0 bridgehead atoms. The first-order valence-corrected chi connectivity index (χ1v) is 10.7. The number of aromatic nitrogens is 1. The Balaban J connectivity index is 1.64. The molecule has 33 heavy (non-hydrogen) atoms. The Morgan fingerprint density at radius 3 is 2.70 bits per heavy atom. The van der Waals surface area contributed by atoms with Crippen LogP contribution in [0.25, 0.3) is 0 Å². The number of ether oxygens (including phenoxy) is 1. The molecule has 0 atom stereocenters. The Morgan fingerprint density at radius 2 is 2.06 bits per heavy atom. The number of piperidine rings is 1. The molecule has 0 spiro atoms. The summed E-state index contributed by atoms with van der Waals surface area (Å²) in [5.41, 5.74) is 12.5. The van der Waals surface area contributed by atoms with E-state index in [9.17, 15) is 9.18 Å². The van der Waals surface area contributed by atoms with Gasteiger partial charge in [-0.1, -0.05) is 18.2 Å². The molecule has 1 aromatic heterocycles. The Hall–Kier alpha value is -3.50. The third-order valence-corrected chi connectivity index (χ3v) is 5.84. The molecule has 1 aliphatic rings. The molecule has 0 radical (unpaired) electrons. The van der Waals surface area contributed by atoms with Crippen molar-refractivity contribution in [1.29, 1.82) is 5.41 Å². The predicted octanol–water partition coefficient (Wildman–Crippen LogP) is 1.57. The van der Waals surface area contributed by atoms with Gasteiger partial charge in [0.2, 0.25) is 5.95 Å². The van der Waals surface area contributed by atoms with E-state index in [0.29, 0.717) is 6.54 Å². The molecule has 1 aliphatic heterocycles. The number of pyridine rings is 1. The third-order valence-electron chi connectivity index (χ3n) is 5.84. The number of rotatable bonds is 9. The lowest BCUT2D eigenvalue weighted by Crippen LogP contribution is -2.56. The van der Waals surface area contributed by atoms with Crippen LogP contribution in [0, 0.1) is 11.4 Å². The summed E-state index contributed by atoms with van der Waals surface area (Å²) in [6.45, 7) is 2.72. The minimum atomic E-state index is -0.782. The first-order chi connectivity index (χ1) is 15.9. The van der Waals surface area contributed by atoms with Crippen LogP contribution < -0.4 is 26.8 Å². The Labute approximate surface area is 192 Å². The van der Waals surface area contributed by atoms with Gasteiger partial charge < -0.3 is 26.8 Å². The molecule has 0 saturated carbocycles. The number of halogens is 1. The van der Waals surface area contributed by atoms with Gasteiger partial charge in [-0.25, -0.2) is 4.98 Å². The summed E-state index contributed by atoms with van der Waals surface area (Å²) in [6.07, 6.45) is 4.19. The van der Waals surface area contributed by atoms with E-state index in [1.807, 2.05) is 18.2 Å². The molecular formula is C23H30FN7O2. The quantitative estimate of drug-likeness (QED) is 0.167. The summed E-state index contributed by atoms with van der Waals surface area (Å²) in [5.74, 6) is -0.866. The molecule has 3 rings (SSSR count). The van der Waals surface area contributed by atoms with Gasteiger partial charge in [0.25, 0.3) is 5.91 Å². The zero-order chi connectivity index (χ0) is 23.8. The molecule has 0 aliphatic carbocycles. The predicted molar refractivity (Wildman–Crippen MR) is 125 cm³/mol. The van der Waals surface area contributed by atoms with Gasteiger partial charge in [0.15, 0.2) is 0 Å². The second kappa shape index (κ2) is 10.9. The standard InChI is InChI=1S/C23H30FN7O2/c1-33-19-5-3-2-4-16(19)14-31-10-7-23(15-25,8-11-31)29-13-18(22(27)32)21(26)30-17-6-9-28-20(24)12-17/h2-6,9,12-13,29H,7-8,10-11,14-15,25H2,1H3,(H2,27,32)(H2,26,28,30)/b18-13+. The molecule has 9 nitrogen and oxygen atoms in total. The van der Waals surface area contributed by atoms with Crippen molar-refractivity contribution in [3.63, 3.8) is 0 Å². The van der Waals surface area contributed by atoms with Crippen molar-refractivity contribution in [2.75, 3.05) is 32.1 Å². The molecule has 2 aromatic rings. The minimum absolute atomic E-state index is 0.0588. The van der Waals surface area contributed by atoms with E-state index >= 15 is 0 Å². The number of anilines is 1. The van der Waals surface area contributed by atoms with Crippen LogP contribution in [0.2, 0.25) is 0 Å². The number of carbonyl (C=O) groups excluding carboxylic acids is 1. The van der Waals surface area contributed by atoms with Crippen LogP contribution in [0.3, 0.4) is 0 Å². The second-order valence-electron chi connectivity index (χ2n) is 8.01. The molecule has 10 heteroatoms. The maximum Gasteiger partial charge on any atom is 0.253 e. The number of hydrogen-bond donors (Lipinski definition) is 5. The molecule has 7 N–H and O–H groups in total. The summed E-state index contributed by atoms with van der Waals surface area (Å²) in [4.78, 5) is 17.8. The fourth-order valence-corrected chi connectivity index (χ4v) is 3.80. The van der Waals surface area contributed by atoms with Crippen LogP contribution in [-0.4, -0.2) is 53.9 Å². The average molecular weight is 456 g/mol. The van der Waals surface area contributed by atoms with E-state index in [4.69, 9.17) is 21.6 Å². The third kappa shape index (κ3) is 6.27. The van der Waals surface area contributed by atoms with Crippen molar-refractivity contribution < 1.29 is 13.9 Å². The van der Waals surface area contributed by atoms with E-state index in [1.54, 1.807) is 7.11 Å². The summed E-state index contributed by atoms with van der Waals surface area (Å²) < 4.78 is 18.8. The monoisotopic (exact) mass is 455 g/mol. The molecule has 1 fully saturated rings. The lowest BCUT2D eigenvalue weighted by atomic mass is 9.87. The fraction of sp³-hybridized carbons (Fsp3) is 0.348.